The lowest BCUT2D eigenvalue weighted by Gasteiger charge is -2.38. The largest absolute Gasteiger partial charge is 0.349 e. The average molecular weight is 837 g/mol. The molecule has 3 atom stereocenters. The van der Waals surface area contributed by atoms with E-state index in [1.807, 2.05) is 56.7 Å². The third kappa shape index (κ3) is 7.33. The summed E-state index contributed by atoms with van der Waals surface area (Å²) in [7, 11) is 4.06. The van der Waals surface area contributed by atoms with E-state index in [0.29, 0.717) is 28.7 Å². The first-order chi connectivity index (χ1) is 24.2. The van der Waals surface area contributed by atoms with Crippen LogP contribution in [0.3, 0.4) is 0 Å². The van der Waals surface area contributed by atoms with E-state index in [9.17, 15) is 9.59 Å². The number of aromatic nitrogens is 8. The van der Waals surface area contributed by atoms with Crippen LogP contribution < -0.4 is 10.6 Å². The van der Waals surface area contributed by atoms with E-state index in [1.54, 1.807) is 35.9 Å². The van der Waals surface area contributed by atoms with Gasteiger partial charge in [0.05, 0.1) is 24.3 Å². The van der Waals surface area contributed by atoms with Crippen LogP contribution in [-0.2, 0) is 20.5 Å². The van der Waals surface area contributed by atoms with Crippen LogP contribution in [0, 0.1) is 11.8 Å². The number of halogens is 2. The van der Waals surface area contributed by atoms with Crippen molar-refractivity contribution in [2.24, 2.45) is 25.9 Å². The van der Waals surface area contributed by atoms with Crippen molar-refractivity contribution >= 4 is 67.2 Å². The summed E-state index contributed by atoms with van der Waals surface area (Å²) in [5.41, 5.74) is 2.97. The monoisotopic (exact) mass is 834 g/mol. The zero-order valence-electron chi connectivity index (χ0n) is 26.9. The number of carbonyl (C=O) groups is 2. The highest BCUT2D eigenvalue weighted by Gasteiger charge is 2.43. The summed E-state index contributed by atoms with van der Waals surface area (Å²) in [5.74, 6) is -0.745. The van der Waals surface area contributed by atoms with Gasteiger partial charge in [-0.25, -0.2) is 19.9 Å². The molecule has 0 fully saturated rings. The molecule has 0 saturated carbocycles. The van der Waals surface area contributed by atoms with E-state index in [4.69, 9.17) is 9.97 Å². The minimum Gasteiger partial charge on any atom is -0.349 e. The van der Waals surface area contributed by atoms with Crippen molar-refractivity contribution in [3.8, 4) is 0 Å². The summed E-state index contributed by atoms with van der Waals surface area (Å²) >= 11 is 9.88. The Balaban J connectivity index is 1.28. The lowest BCUT2D eigenvalue weighted by molar-refractivity contribution is 0.0900. The third-order valence-corrected chi connectivity index (χ3v) is 11.7. The molecule has 50 heavy (non-hydrogen) atoms. The van der Waals surface area contributed by atoms with Crippen LogP contribution in [0.5, 0.6) is 0 Å². The number of fused-ring (bicyclic) bond motifs is 1. The molecule has 0 saturated heterocycles. The summed E-state index contributed by atoms with van der Waals surface area (Å²) in [4.78, 5) is 53.1. The topological polar surface area (TPSA) is 151 Å². The van der Waals surface area contributed by atoms with E-state index in [2.05, 4.69) is 95.8 Å². The van der Waals surface area contributed by atoms with Gasteiger partial charge in [0.25, 0.3) is 11.8 Å². The first kappa shape index (κ1) is 34.3. The van der Waals surface area contributed by atoms with Gasteiger partial charge in [-0.05, 0) is 74.4 Å². The minimum absolute atomic E-state index is 0.0939. The molecule has 0 unspecified atom stereocenters. The summed E-state index contributed by atoms with van der Waals surface area (Å²) < 4.78 is 5.51. The van der Waals surface area contributed by atoms with Gasteiger partial charge in [-0.1, -0.05) is 59.9 Å². The van der Waals surface area contributed by atoms with Crippen LogP contribution in [-0.4, -0.2) is 63.9 Å². The molecule has 256 valence electrons. The van der Waals surface area contributed by atoms with Crippen LogP contribution in [0.1, 0.15) is 44.2 Å². The predicted molar refractivity (Wildman–Crippen MR) is 197 cm³/mol. The number of aromatic amines is 2. The second-order valence-electron chi connectivity index (χ2n) is 11.8. The number of H-pyrrole nitrogens is 2. The Labute approximate surface area is 313 Å². The maximum Gasteiger partial charge on any atom is 0.287 e. The number of imidazole rings is 4. The predicted octanol–water partition coefficient (Wildman–Crippen LogP) is 6.21. The van der Waals surface area contributed by atoms with Gasteiger partial charge in [0, 0.05) is 54.3 Å². The SMILES string of the molecule is Cn1c([C@@H]2c3nc(Sc4ccccc4)n(C)c3C[C@H](CNC(=O)c3ncc(Br)[nH]3)[C@H]2CNC(=O)c2ncc(Br)[nH]2)cnc1Sc1ccccc1. The van der Waals surface area contributed by atoms with Gasteiger partial charge in [0.1, 0.15) is 9.21 Å². The first-order valence-electron chi connectivity index (χ1n) is 15.8. The Bertz CT molecular complexity index is 2130. The maximum atomic E-state index is 13.3. The summed E-state index contributed by atoms with van der Waals surface area (Å²) in [6.45, 7) is 0.647. The van der Waals surface area contributed by atoms with Crippen molar-refractivity contribution in [1.29, 1.82) is 0 Å². The standard InChI is InChI=1S/C34H32Br2N10O2S2/c1-45-23-13-19(14-39-31(47)29-37-17-25(35)42-29)22(15-40-32(48)30-38-18-26(36)43-30)27(28(23)44-34(45)50-21-11-7-4-8-12-21)24-16-41-33(46(24)2)49-20-9-5-3-6-10-20/h3-12,16-19,22,27H,13-15H2,1-2H3,(H,37,42)(H,38,43)(H,39,47)(H,40,48)/t19-,22-,27-/m1/s1. The number of benzene rings is 2. The number of rotatable bonds is 11. The van der Waals surface area contributed by atoms with Crippen molar-refractivity contribution < 1.29 is 9.59 Å². The van der Waals surface area contributed by atoms with Gasteiger partial charge in [0.2, 0.25) is 0 Å². The molecule has 1 aliphatic rings. The molecule has 6 aromatic rings. The Morgan fingerprint density at radius 1 is 0.780 bits per heavy atom. The van der Waals surface area contributed by atoms with Crippen LogP contribution in [0.4, 0.5) is 0 Å². The molecule has 4 aromatic heterocycles. The van der Waals surface area contributed by atoms with E-state index in [1.165, 1.54) is 0 Å². The van der Waals surface area contributed by atoms with Gasteiger partial charge in [-0.2, -0.15) is 0 Å². The van der Waals surface area contributed by atoms with Gasteiger partial charge in [0.15, 0.2) is 22.0 Å². The number of nitrogens with one attached hydrogen (secondary N) is 4. The number of hydrogen-bond donors (Lipinski definition) is 4. The van der Waals surface area contributed by atoms with Crippen LogP contribution in [0.2, 0.25) is 0 Å². The highest BCUT2D eigenvalue weighted by atomic mass is 79.9. The van der Waals surface area contributed by atoms with Gasteiger partial charge < -0.3 is 29.7 Å². The molecule has 0 radical (unpaired) electrons. The number of amides is 2. The molecule has 7 rings (SSSR count). The van der Waals surface area contributed by atoms with Crippen LogP contribution >= 0.6 is 55.4 Å². The van der Waals surface area contributed by atoms with Crippen molar-refractivity contribution in [2.45, 2.75) is 32.4 Å². The van der Waals surface area contributed by atoms with Crippen LogP contribution in [0.15, 0.2) is 109 Å². The molecule has 4 N–H and O–H groups in total. The molecular formula is C34H32Br2N10O2S2. The average Bonchev–Trinajstić information content (AvgIpc) is 3.91. The van der Waals surface area contributed by atoms with Gasteiger partial charge >= 0.3 is 0 Å². The lowest BCUT2D eigenvalue weighted by atomic mass is 9.70. The second kappa shape index (κ2) is 15.0. The minimum atomic E-state index is -0.324. The van der Waals surface area contributed by atoms with Gasteiger partial charge in [-0.3, -0.25) is 9.59 Å². The molecule has 0 aliphatic heterocycles. The van der Waals surface area contributed by atoms with Crippen molar-refractivity contribution in [2.75, 3.05) is 13.1 Å². The van der Waals surface area contributed by atoms with Crippen LogP contribution in [0.25, 0.3) is 0 Å². The Hall–Kier alpha value is -4.12. The van der Waals surface area contributed by atoms with E-state index < -0.39 is 0 Å². The molecule has 4 heterocycles. The van der Waals surface area contributed by atoms with E-state index in [0.717, 1.165) is 37.2 Å². The number of nitrogens with zero attached hydrogens (tertiary/aromatic N) is 6. The molecule has 2 aromatic carbocycles. The highest BCUT2D eigenvalue weighted by Crippen LogP contribution is 2.45. The molecule has 0 spiro atoms. The van der Waals surface area contributed by atoms with Crippen molar-refractivity contribution in [3.05, 3.63) is 117 Å². The summed E-state index contributed by atoms with van der Waals surface area (Å²) in [5, 5.41) is 7.93. The molecule has 16 heteroatoms. The molecule has 1 aliphatic carbocycles. The van der Waals surface area contributed by atoms with E-state index in [-0.39, 0.29) is 41.2 Å². The quantitative estimate of drug-likeness (QED) is 0.120. The smallest absolute Gasteiger partial charge is 0.287 e. The molecular weight excluding hydrogens is 804 g/mol. The Morgan fingerprint density at radius 3 is 1.90 bits per heavy atom. The summed E-state index contributed by atoms with van der Waals surface area (Å²) in [6, 6.07) is 20.3. The fourth-order valence-electron chi connectivity index (χ4n) is 6.26. The fourth-order valence-corrected chi connectivity index (χ4v) is 8.59. The summed E-state index contributed by atoms with van der Waals surface area (Å²) in [6.07, 6.45) is 5.65. The number of hydrogen-bond acceptors (Lipinski definition) is 8. The Kier molecular flexibility index (Phi) is 10.3. The highest BCUT2D eigenvalue weighted by molar-refractivity contribution is 9.10. The normalized spacial score (nSPS) is 17.0. The fraction of sp³-hybridized carbons (Fsp3) is 0.235. The molecule has 2 amide bonds. The second-order valence-corrected chi connectivity index (χ2v) is 15.6. The molecule has 12 nitrogen and oxygen atoms in total. The lowest BCUT2D eigenvalue weighted by Crippen LogP contribution is -2.45. The first-order valence-corrected chi connectivity index (χ1v) is 19.0. The van der Waals surface area contributed by atoms with E-state index >= 15 is 0 Å². The maximum absolute atomic E-state index is 13.3. The zero-order chi connectivity index (χ0) is 34.8. The van der Waals surface area contributed by atoms with Gasteiger partial charge in [-0.15, -0.1) is 0 Å². The third-order valence-electron chi connectivity index (χ3n) is 8.74. The molecule has 0 bridgehead atoms. The zero-order valence-corrected chi connectivity index (χ0v) is 31.7. The van der Waals surface area contributed by atoms with Crippen molar-refractivity contribution in [3.63, 3.8) is 0 Å². The number of carbonyl (C=O) groups excluding carboxylic acids is 2. The van der Waals surface area contributed by atoms with Crippen molar-refractivity contribution in [1.82, 2.24) is 49.7 Å². The Morgan fingerprint density at radius 2 is 1.34 bits per heavy atom.